The first kappa shape index (κ1) is 15.6. The summed E-state index contributed by atoms with van der Waals surface area (Å²) >= 11 is 5.93. The van der Waals surface area contributed by atoms with E-state index in [4.69, 9.17) is 11.6 Å². The lowest BCUT2D eigenvalue weighted by Crippen LogP contribution is -2.33. The molecule has 20 heavy (non-hydrogen) atoms. The molecular formula is C15H20Cl2N2O. The van der Waals surface area contributed by atoms with Crippen LogP contribution in [0.15, 0.2) is 24.3 Å². The topological polar surface area (TPSA) is 41.1 Å². The minimum absolute atomic E-state index is 0. The Labute approximate surface area is 130 Å². The molecule has 1 unspecified atom stereocenters. The van der Waals surface area contributed by atoms with Gasteiger partial charge in [0.15, 0.2) is 0 Å². The number of piperidine rings is 1. The molecule has 2 fully saturated rings. The highest BCUT2D eigenvalue weighted by atomic mass is 35.5. The number of carbonyl (C=O) groups excluding carboxylic acids is 1. The van der Waals surface area contributed by atoms with Crippen molar-refractivity contribution in [2.75, 3.05) is 13.1 Å². The first-order chi connectivity index (χ1) is 9.20. The van der Waals surface area contributed by atoms with Gasteiger partial charge in [0.1, 0.15) is 0 Å². The Balaban J connectivity index is 0.00000147. The highest BCUT2D eigenvalue weighted by molar-refractivity contribution is 6.30. The van der Waals surface area contributed by atoms with Crippen LogP contribution in [0.5, 0.6) is 0 Å². The van der Waals surface area contributed by atoms with Crippen LogP contribution in [-0.4, -0.2) is 19.0 Å². The van der Waals surface area contributed by atoms with Crippen LogP contribution < -0.4 is 10.6 Å². The van der Waals surface area contributed by atoms with Crippen LogP contribution in [-0.2, 0) is 11.3 Å². The molecule has 1 aromatic carbocycles. The number of rotatable bonds is 3. The van der Waals surface area contributed by atoms with Crippen LogP contribution in [0, 0.1) is 11.3 Å². The molecule has 1 saturated heterocycles. The summed E-state index contributed by atoms with van der Waals surface area (Å²) in [6.07, 6.45) is 3.35. The molecule has 1 atom stereocenters. The van der Waals surface area contributed by atoms with Crippen LogP contribution in [0.2, 0.25) is 5.02 Å². The lowest BCUT2D eigenvalue weighted by atomic mass is 9.92. The van der Waals surface area contributed by atoms with E-state index in [9.17, 15) is 4.79 Å². The molecule has 1 aliphatic heterocycles. The summed E-state index contributed by atoms with van der Waals surface area (Å²) in [4.78, 5) is 12.2. The van der Waals surface area contributed by atoms with Gasteiger partial charge in [-0.2, -0.15) is 0 Å². The number of hydrogen-bond acceptors (Lipinski definition) is 2. The highest BCUT2D eigenvalue weighted by Gasteiger charge is 2.57. The van der Waals surface area contributed by atoms with Crippen molar-refractivity contribution in [2.24, 2.45) is 11.3 Å². The molecule has 1 aromatic rings. The number of hydrogen-bond donors (Lipinski definition) is 2. The van der Waals surface area contributed by atoms with Crippen molar-refractivity contribution in [2.45, 2.75) is 25.8 Å². The van der Waals surface area contributed by atoms with Crippen molar-refractivity contribution in [1.82, 2.24) is 10.6 Å². The fourth-order valence-electron chi connectivity index (χ4n) is 3.15. The van der Waals surface area contributed by atoms with Gasteiger partial charge in [0, 0.05) is 17.5 Å². The summed E-state index contributed by atoms with van der Waals surface area (Å²) in [6, 6.07) is 7.64. The van der Waals surface area contributed by atoms with Crippen LogP contribution >= 0.6 is 24.0 Å². The monoisotopic (exact) mass is 314 g/mol. The number of nitrogens with one attached hydrogen (secondary N) is 2. The number of halogens is 2. The Morgan fingerprint density at radius 3 is 2.85 bits per heavy atom. The van der Waals surface area contributed by atoms with Crippen molar-refractivity contribution >= 4 is 29.9 Å². The lowest BCUT2D eigenvalue weighted by Gasteiger charge is -2.23. The Morgan fingerprint density at radius 1 is 1.40 bits per heavy atom. The summed E-state index contributed by atoms with van der Waals surface area (Å²) < 4.78 is 0. The molecule has 1 amide bonds. The van der Waals surface area contributed by atoms with Crippen LogP contribution in [0.25, 0.3) is 0 Å². The quantitative estimate of drug-likeness (QED) is 0.900. The molecule has 1 aliphatic carbocycles. The molecule has 2 N–H and O–H groups in total. The van der Waals surface area contributed by atoms with Gasteiger partial charge in [0.05, 0.1) is 0 Å². The molecule has 0 bridgehead atoms. The fraction of sp³-hybridized carbons (Fsp3) is 0.533. The smallest absolute Gasteiger partial charge is 0.223 e. The number of amides is 1. The van der Waals surface area contributed by atoms with Crippen LogP contribution in [0.3, 0.4) is 0 Å². The summed E-state index contributed by atoms with van der Waals surface area (Å²) in [5, 5.41) is 7.11. The van der Waals surface area contributed by atoms with Gasteiger partial charge in [-0.05, 0) is 55.5 Å². The van der Waals surface area contributed by atoms with Gasteiger partial charge in [-0.25, -0.2) is 0 Å². The molecule has 0 radical (unpaired) electrons. The third kappa shape index (κ3) is 3.27. The van der Waals surface area contributed by atoms with E-state index in [1.54, 1.807) is 0 Å². The third-order valence-electron chi connectivity index (χ3n) is 4.46. The molecule has 2 aliphatic rings. The first-order valence-corrected chi connectivity index (χ1v) is 7.30. The van der Waals surface area contributed by atoms with Crippen molar-refractivity contribution in [1.29, 1.82) is 0 Å². The zero-order valence-electron chi connectivity index (χ0n) is 11.3. The molecule has 1 heterocycles. The first-order valence-electron chi connectivity index (χ1n) is 6.92. The van der Waals surface area contributed by atoms with Gasteiger partial charge >= 0.3 is 0 Å². The maximum absolute atomic E-state index is 12.2. The largest absolute Gasteiger partial charge is 0.352 e. The highest BCUT2D eigenvalue weighted by Crippen LogP contribution is 2.58. The average Bonchev–Trinajstić information content (AvgIpc) is 3.10. The van der Waals surface area contributed by atoms with Crippen molar-refractivity contribution < 1.29 is 4.79 Å². The Bertz CT molecular complexity index is 487. The fourth-order valence-corrected chi connectivity index (χ4v) is 3.37. The van der Waals surface area contributed by atoms with Gasteiger partial charge in [0.2, 0.25) is 5.91 Å². The summed E-state index contributed by atoms with van der Waals surface area (Å²) in [7, 11) is 0. The van der Waals surface area contributed by atoms with E-state index in [1.165, 1.54) is 0 Å². The van der Waals surface area contributed by atoms with Crippen molar-refractivity contribution in [3.8, 4) is 0 Å². The van der Waals surface area contributed by atoms with E-state index in [-0.39, 0.29) is 24.2 Å². The minimum atomic E-state index is 0. The van der Waals surface area contributed by atoms with E-state index in [2.05, 4.69) is 10.6 Å². The standard InChI is InChI=1S/C15H19ClN2O.ClH/c16-12-3-1-2-11(8-12)10-18-14(19)13-9-15(13)4-6-17-7-5-15;/h1-3,8,13,17H,4-7,9-10H2,(H,18,19);1H. The zero-order chi connectivity index (χ0) is 13.3. The Hall–Kier alpha value is -0.770. The summed E-state index contributed by atoms with van der Waals surface area (Å²) in [6.45, 7) is 2.68. The zero-order valence-corrected chi connectivity index (χ0v) is 12.9. The average molecular weight is 315 g/mol. The van der Waals surface area contributed by atoms with Gasteiger partial charge in [-0.15, -0.1) is 12.4 Å². The van der Waals surface area contributed by atoms with Gasteiger partial charge in [0.25, 0.3) is 0 Å². The van der Waals surface area contributed by atoms with E-state index in [0.717, 1.165) is 37.9 Å². The van der Waals surface area contributed by atoms with Crippen molar-refractivity contribution in [3.05, 3.63) is 34.9 Å². The normalized spacial score (nSPS) is 22.9. The van der Waals surface area contributed by atoms with E-state index in [0.29, 0.717) is 17.0 Å². The predicted octanol–water partition coefficient (Wildman–Crippen LogP) is 2.77. The predicted molar refractivity (Wildman–Crippen MR) is 83.2 cm³/mol. The van der Waals surface area contributed by atoms with E-state index in [1.807, 2.05) is 24.3 Å². The maximum atomic E-state index is 12.2. The summed E-state index contributed by atoms with van der Waals surface area (Å²) in [5.41, 5.74) is 1.37. The Kier molecular flexibility index (Phi) is 4.95. The van der Waals surface area contributed by atoms with Gasteiger partial charge < -0.3 is 10.6 Å². The van der Waals surface area contributed by atoms with E-state index >= 15 is 0 Å². The summed E-state index contributed by atoms with van der Waals surface area (Å²) in [5.74, 6) is 0.440. The second-order valence-electron chi connectivity index (χ2n) is 5.72. The SMILES string of the molecule is Cl.O=C(NCc1cccc(Cl)c1)C1CC12CCNCC2. The molecule has 1 spiro atoms. The third-order valence-corrected chi connectivity index (χ3v) is 4.70. The minimum Gasteiger partial charge on any atom is -0.352 e. The van der Waals surface area contributed by atoms with Gasteiger partial charge in [-0.1, -0.05) is 23.7 Å². The number of benzene rings is 1. The molecule has 0 aromatic heterocycles. The lowest BCUT2D eigenvalue weighted by molar-refractivity contribution is -0.123. The molecule has 110 valence electrons. The molecule has 3 nitrogen and oxygen atoms in total. The second-order valence-corrected chi connectivity index (χ2v) is 6.15. The van der Waals surface area contributed by atoms with Gasteiger partial charge in [-0.3, -0.25) is 4.79 Å². The second kappa shape index (κ2) is 6.33. The van der Waals surface area contributed by atoms with Crippen LogP contribution in [0.1, 0.15) is 24.8 Å². The molecule has 1 saturated carbocycles. The molecular weight excluding hydrogens is 295 g/mol. The Morgan fingerprint density at radius 2 is 2.15 bits per heavy atom. The van der Waals surface area contributed by atoms with E-state index < -0.39 is 0 Å². The molecule has 3 rings (SSSR count). The molecule has 5 heteroatoms. The van der Waals surface area contributed by atoms with Crippen molar-refractivity contribution in [3.63, 3.8) is 0 Å². The number of carbonyl (C=O) groups is 1. The maximum Gasteiger partial charge on any atom is 0.223 e. The van der Waals surface area contributed by atoms with Crippen LogP contribution in [0.4, 0.5) is 0 Å².